The van der Waals surface area contributed by atoms with Gasteiger partial charge in [-0.15, -0.1) is 0 Å². The number of aliphatic hydroxyl groups excluding tert-OH is 1. The lowest BCUT2D eigenvalue weighted by atomic mass is 10.1. The first-order valence-corrected chi connectivity index (χ1v) is 11.3. The summed E-state index contributed by atoms with van der Waals surface area (Å²) in [5.41, 5.74) is 4.23. The fourth-order valence-corrected chi connectivity index (χ4v) is 4.49. The van der Waals surface area contributed by atoms with Crippen molar-refractivity contribution in [3.05, 3.63) is 65.7 Å². The van der Waals surface area contributed by atoms with Crippen LogP contribution >= 0.6 is 11.6 Å². The molecular weight excluding hydrogens is 440 g/mol. The third kappa shape index (κ3) is 4.31. The number of benzene rings is 1. The highest BCUT2D eigenvalue weighted by Gasteiger charge is 2.18. The van der Waals surface area contributed by atoms with Crippen LogP contribution in [0.25, 0.3) is 16.9 Å². The molecule has 170 valence electrons. The van der Waals surface area contributed by atoms with Crippen LogP contribution in [0.1, 0.15) is 12.0 Å². The van der Waals surface area contributed by atoms with Gasteiger partial charge < -0.3 is 24.0 Å². The first kappa shape index (κ1) is 21.5. The molecule has 5 rings (SSSR count). The number of rotatable bonds is 5. The number of methoxy groups -OCH3 is 1. The molecule has 1 aliphatic heterocycles. The van der Waals surface area contributed by atoms with E-state index in [1.165, 1.54) is 0 Å². The lowest BCUT2D eigenvalue weighted by molar-refractivity contribution is 0.281. The molecular formula is C24H25ClN6O2. The third-order valence-electron chi connectivity index (χ3n) is 5.96. The number of imidazole rings is 1. The van der Waals surface area contributed by atoms with Crippen LogP contribution < -0.4 is 14.5 Å². The van der Waals surface area contributed by atoms with Crippen molar-refractivity contribution in [2.24, 2.45) is 0 Å². The monoisotopic (exact) mass is 464 g/mol. The van der Waals surface area contributed by atoms with E-state index in [4.69, 9.17) is 21.3 Å². The first-order chi connectivity index (χ1) is 16.2. The zero-order valence-corrected chi connectivity index (χ0v) is 19.1. The SMILES string of the molecule is COc1cc(CO)c(-c2cn3ccc(N4CCCN(c5ncccn5)CC4)cc3n2)cc1Cl. The Morgan fingerprint density at radius 3 is 2.64 bits per heavy atom. The van der Waals surface area contributed by atoms with Gasteiger partial charge in [0.1, 0.15) is 11.4 Å². The molecule has 1 aromatic carbocycles. The average Bonchev–Trinajstić information content (AvgIpc) is 3.12. The Kier molecular flexibility index (Phi) is 6.02. The summed E-state index contributed by atoms with van der Waals surface area (Å²) in [5.74, 6) is 1.32. The highest BCUT2D eigenvalue weighted by atomic mass is 35.5. The summed E-state index contributed by atoms with van der Waals surface area (Å²) >= 11 is 6.34. The zero-order valence-electron chi connectivity index (χ0n) is 18.4. The third-order valence-corrected chi connectivity index (χ3v) is 6.26. The highest BCUT2D eigenvalue weighted by molar-refractivity contribution is 6.32. The average molecular weight is 465 g/mol. The number of hydrogen-bond donors (Lipinski definition) is 1. The molecule has 8 nitrogen and oxygen atoms in total. The Labute approximate surface area is 197 Å². The van der Waals surface area contributed by atoms with E-state index >= 15 is 0 Å². The molecule has 0 spiro atoms. The lowest BCUT2D eigenvalue weighted by Gasteiger charge is -2.23. The fraction of sp³-hybridized carbons (Fsp3) is 0.292. The Balaban J connectivity index is 1.41. The number of pyridine rings is 1. The van der Waals surface area contributed by atoms with E-state index in [1.54, 1.807) is 31.6 Å². The van der Waals surface area contributed by atoms with Gasteiger partial charge >= 0.3 is 0 Å². The number of ether oxygens (including phenoxy) is 1. The number of aromatic nitrogens is 4. The Hall–Kier alpha value is -3.36. The number of aliphatic hydroxyl groups is 1. The smallest absolute Gasteiger partial charge is 0.225 e. The second kappa shape index (κ2) is 9.25. The summed E-state index contributed by atoms with van der Waals surface area (Å²) in [6.45, 7) is 3.50. The molecule has 0 radical (unpaired) electrons. The quantitative estimate of drug-likeness (QED) is 0.482. The maximum atomic E-state index is 9.86. The maximum Gasteiger partial charge on any atom is 0.225 e. The molecule has 1 N–H and O–H groups in total. The molecule has 0 saturated carbocycles. The summed E-state index contributed by atoms with van der Waals surface area (Å²) in [6.07, 6.45) is 8.56. The van der Waals surface area contributed by atoms with Crippen LogP contribution in [0.3, 0.4) is 0 Å². The van der Waals surface area contributed by atoms with Crippen LogP contribution in [0.5, 0.6) is 5.75 Å². The molecule has 0 aliphatic carbocycles. The molecule has 4 heterocycles. The van der Waals surface area contributed by atoms with E-state index in [0.717, 1.165) is 66.7 Å². The predicted octanol–water partition coefficient (Wildman–Crippen LogP) is 3.66. The van der Waals surface area contributed by atoms with E-state index in [-0.39, 0.29) is 6.61 Å². The normalized spacial score (nSPS) is 14.5. The Morgan fingerprint density at radius 2 is 1.85 bits per heavy atom. The van der Waals surface area contributed by atoms with Crippen molar-refractivity contribution in [3.8, 4) is 17.0 Å². The molecule has 33 heavy (non-hydrogen) atoms. The Bertz CT molecular complexity index is 1260. The van der Waals surface area contributed by atoms with Gasteiger partial charge in [0.2, 0.25) is 5.95 Å². The minimum absolute atomic E-state index is 0.128. The molecule has 9 heteroatoms. The number of hydrogen-bond acceptors (Lipinski definition) is 7. The van der Waals surface area contributed by atoms with Gasteiger partial charge in [-0.3, -0.25) is 0 Å². The van der Waals surface area contributed by atoms with Crippen LogP contribution in [-0.4, -0.2) is 57.7 Å². The number of halogens is 1. The van der Waals surface area contributed by atoms with Crippen LogP contribution in [0.15, 0.2) is 55.1 Å². The predicted molar refractivity (Wildman–Crippen MR) is 129 cm³/mol. The van der Waals surface area contributed by atoms with Gasteiger partial charge in [-0.25, -0.2) is 15.0 Å². The molecule has 0 amide bonds. The Morgan fingerprint density at radius 1 is 1.06 bits per heavy atom. The molecule has 0 atom stereocenters. The standard InChI is InChI=1S/C24H25ClN6O2/c1-33-22-12-17(16-32)19(14-20(22)25)21-15-31-9-4-18(13-23(31)28-21)29-7-3-8-30(11-10-29)24-26-5-2-6-27-24/h2,4-6,9,12-15,32H,3,7-8,10-11,16H2,1H3. The fourth-order valence-electron chi connectivity index (χ4n) is 4.25. The minimum Gasteiger partial charge on any atom is -0.495 e. The van der Waals surface area contributed by atoms with Crippen molar-refractivity contribution < 1.29 is 9.84 Å². The van der Waals surface area contributed by atoms with Crippen molar-refractivity contribution >= 4 is 28.9 Å². The van der Waals surface area contributed by atoms with Gasteiger partial charge in [-0.05, 0) is 36.2 Å². The summed E-state index contributed by atoms with van der Waals surface area (Å²) in [6, 6.07) is 9.60. The molecule has 1 aliphatic rings. The highest BCUT2D eigenvalue weighted by Crippen LogP contribution is 2.34. The van der Waals surface area contributed by atoms with Crippen molar-refractivity contribution in [2.75, 3.05) is 43.1 Å². The van der Waals surface area contributed by atoms with Crippen molar-refractivity contribution in [3.63, 3.8) is 0 Å². The minimum atomic E-state index is -0.128. The molecule has 3 aromatic heterocycles. The first-order valence-electron chi connectivity index (χ1n) is 10.9. The molecule has 1 saturated heterocycles. The van der Waals surface area contributed by atoms with Gasteiger partial charge in [0, 0.05) is 68.3 Å². The molecule has 1 fully saturated rings. The van der Waals surface area contributed by atoms with Crippen LogP contribution in [0.4, 0.5) is 11.6 Å². The zero-order chi connectivity index (χ0) is 22.8. The van der Waals surface area contributed by atoms with E-state index in [2.05, 4.69) is 31.9 Å². The van der Waals surface area contributed by atoms with Crippen molar-refractivity contribution in [1.29, 1.82) is 0 Å². The topological polar surface area (TPSA) is 79.0 Å². The van der Waals surface area contributed by atoms with E-state index in [1.807, 2.05) is 22.9 Å². The molecule has 0 unspecified atom stereocenters. The number of nitrogens with zero attached hydrogens (tertiary/aromatic N) is 6. The second-order valence-corrected chi connectivity index (χ2v) is 8.36. The van der Waals surface area contributed by atoms with Crippen molar-refractivity contribution in [2.45, 2.75) is 13.0 Å². The van der Waals surface area contributed by atoms with Crippen molar-refractivity contribution in [1.82, 2.24) is 19.4 Å². The van der Waals surface area contributed by atoms with Gasteiger partial charge in [0.25, 0.3) is 0 Å². The van der Waals surface area contributed by atoms with Crippen LogP contribution in [0.2, 0.25) is 5.02 Å². The molecule has 4 aromatic rings. The largest absolute Gasteiger partial charge is 0.495 e. The van der Waals surface area contributed by atoms with E-state index in [0.29, 0.717) is 10.8 Å². The van der Waals surface area contributed by atoms with Gasteiger partial charge in [0.15, 0.2) is 0 Å². The maximum absolute atomic E-state index is 9.86. The number of anilines is 2. The van der Waals surface area contributed by atoms with Crippen LogP contribution in [0, 0.1) is 0 Å². The van der Waals surface area contributed by atoms with Gasteiger partial charge in [-0.1, -0.05) is 11.6 Å². The summed E-state index contributed by atoms with van der Waals surface area (Å²) < 4.78 is 7.27. The summed E-state index contributed by atoms with van der Waals surface area (Å²) in [4.78, 5) is 18.2. The lowest BCUT2D eigenvalue weighted by Crippen LogP contribution is -2.31. The van der Waals surface area contributed by atoms with E-state index in [9.17, 15) is 5.11 Å². The van der Waals surface area contributed by atoms with Gasteiger partial charge in [0.05, 0.1) is 24.4 Å². The second-order valence-electron chi connectivity index (χ2n) is 7.96. The summed E-state index contributed by atoms with van der Waals surface area (Å²) in [7, 11) is 1.56. The van der Waals surface area contributed by atoms with Crippen LogP contribution in [-0.2, 0) is 6.61 Å². The summed E-state index contributed by atoms with van der Waals surface area (Å²) in [5, 5.41) is 10.3. The molecule has 0 bridgehead atoms. The number of fused-ring (bicyclic) bond motifs is 1. The van der Waals surface area contributed by atoms with Gasteiger partial charge in [-0.2, -0.15) is 0 Å². The van der Waals surface area contributed by atoms with E-state index < -0.39 is 0 Å².